The van der Waals surface area contributed by atoms with E-state index in [1.165, 1.54) is 11.3 Å². The van der Waals surface area contributed by atoms with Crippen molar-refractivity contribution in [2.75, 3.05) is 0 Å². The molecule has 0 bridgehead atoms. The van der Waals surface area contributed by atoms with Gasteiger partial charge in [-0.25, -0.2) is 9.78 Å². The van der Waals surface area contributed by atoms with E-state index in [1.807, 2.05) is 5.38 Å². The first-order chi connectivity index (χ1) is 6.79. The van der Waals surface area contributed by atoms with Gasteiger partial charge in [-0.05, 0) is 6.42 Å². The molecule has 2 heterocycles. The van der Waals surface area contributed by atoms with E-state index in [0.29, 0.717) is 10.8 Å². The lowest BCUT2D eigenvalue weighted by molar-refractivity contribution is 0.388. The second-order valence-corrected chi connectivity index (χ2v) is 3.70. The highest BCUT2D eigenvalue weighted by molar-refractivity contribution is 7.13. The average molecular weight is 211 g/mol. The summed E-state index contributed by atoms with van der Waals surface area (Å²) in [6.45, 7) is 2.09. The summed E-state index contributed by atoms with van der Waals surface area (Å²) in [7, 11) is 0. The van der Waals surface area contributed by atoms with Crippen molar-refractivity contribution < 1.29 is 4.52 Å². The predicted molar refractivity (Wildman–Crippen MR) is 52.2 cm³/mol. The minimum Gasteiger partial charge on any atom is -0.295 e. The van der Waals surface area contributed by atoms with Gasteiger partial charge in [-0.1, -0.05) is 18.5 Å². The second-order valence-electron chi connectivity index (χ2n) is 2.84. The molecule has 2 aromatic heterocycles. The molecule has 2 rings (SSSR count). The highest BCUT2D eigenvalue weighted by Crippen LogP contribution is 2.19. The van der Waals surface area contributed by atoms with Crippen LogP contribution in [0.3, 0.4) is 0 Å². The lowest BCUT2D eigenvalue weighted by Gasteiger charge is -1.87. The van der Waals surface area contributed by atoms with Crippen molar-refractivity contribution in [1.29, 1.82) is 0 Å². The smallest absolute Gasteiger partial charge is 0.295 e. The Labute approximate surface area is 83.8 Å². The van der Waals surface area contributed by atoms with Gasteiger partial charge < -0.3 is 0 Å². The van der Waals surface area contributed by atoms with Crippen molar-refractivity contribution in [3.05, 3.63) is 21.6 Å². The molecular weight excluding hydrogens is 202 g/mol. The summed E-state index contributed by atoms with van der Waals surface area (Å²) < 4.78 is 4.39. The van der Waals surface area contributed by atoms with Crippen LogP contribution >= 0.6 is 11.3 Å². The number of thiazole rings is 1. The van der Waals surface area contributed by atoms with Crippen LogP contribution in [0.5, 0.6) is 0 Å². The fourth-order valence-corrected chi connectivity index (χ4v) is 1.90. The summed E-state index contributed by atoms with van der Waals surface area (Å²) in [5.41, 5.74) is 1.02. The van der Waals surface area contributed by atoms with E-state index in [4.69, 9.17) is 0 Å². The molecule has 0 aliphatic heterocycles. The van der Waals surface area contributed by atoms with E-state index in [2.05, 4.69) is 26.6 Å². The Morgan fingerprint density at radius 1 is 1.64 bits per heavy atom. The van der Waals surface area contributed by atoms with Gasteiger partial charge in [-0.2, -0.15) is 0 Å². The second kappa shape index (κ2) is 3.75. The van der Waals surface area contributed by atoms with Gasteiger partial charge in [0.2, 0.25) is 5.82 Å². The first kappa shape index (κ1) is 9.14. The third-order valence-corrected chi connectivity index (χ3v) is 2.60. The normalized spacial score (nSPS) is 10.6. The highest BCUT2D eigenvalue weighted by Gasteiger charge is 2.08. The molecule has 0 spiro atoms. The fourth-order valence-electron chi connectivity index (χ4n) is 1.11. The standard InChI is InChI=1S/C8H9N3O2S/c1-2-3-5-4-14-7(9-5)6-10-8(12)13-11-6/h4H,2-3H2,1H3,(H,10,11,12). The van der Waals surface area contributed by atoms with Crippen molar-refractivity contribution in [1.82, 2.24) is 15.1 Å². The molecule has 0 atom stereocenters. The van der Waals surface area contributed by atoms with E-state index in [1.54, 1.807) is 0 Å². The van der Waals surface area contributed by atoms with Crippen LogP contribution in [-0.2, 0) is 6.42 Å². The Morgan fingerprint density at radius 2 is 2.50 bits per heavy atom. The Balaban J connectivity index is 2.28. The monoisotopic (exact) mass is 211 g/mol. The maximum absolute atomic E-state index is 10.7. The van der Waals surface area contributed by atoms with E-state index in [0.717, 1.165) is 18.5 Å². The van der Waals surface area contributed by atoms with Gasteiger partial charge in [0.1, 0.15) is 0 Å². The number of hydrogen-bond acceptors (Lipinski definition) is 5. The van der Waals surface area contributed by atoms with Crippen molar-refractivity contribution in [2.24, 2.45) is 0 Å². The van der Waals surface area contributed by atoms with Crippen LogP contribution in [0, 0.1) is 0 Å². The summed E-state index contributed by atoms with van der Waals surface area (Å²) in [6, 6.07) is 0. The minimum absolute atomic E-state index is 0.405. The molecule has 0 aromatic carbocycles. The van der Waals surface area contributed by atoms with Gasteiger partial charge in [0.05, 0.1) is 5.69 Å². The zero-order valence-electron chi connectivity index (χ0n) is 7.61. The van der Waals surface area contributed by atoms with Gasteiger partial charge in [0, 0.05) is 5.38 Å². The van der Waals surface area contributed by atoms with Crippen molar-refractivity contribution in [2.45, 2.75) is 19.8 Å². The van der Waals surface area contributed by atoms with Gasteiger partial charge in [-0.15, -0.1) is 11.3 Å². The number of aryl methyl sites for hydroxylation is 1. The molecule has 0 amide bonds. The zero-order chi connectivity index (χ0) is 9.97. The predicted octanol–water partition coefficient (Wildman–Crippen LogP) is 1.44. The molecular formula is C8H9N3O2S. The van der Waals surface area contributed by atoms with Crippen molar-refractivity contribution >= 4 is 11.3 Å². The third kappa shape index (κ3) is 1.74. The molecule has 0 saturated carbocycles. The number of H-pyrrole nitrogens is 1. The lowest BCUT2D eigenvalue weighted by atomic mass is 10.3. The van der Waals surface area contributed by atoms with Gasteiger partial charge in [-0.3, -0.25) is 9.51 Å². The maximum atomic E-state index is 10.7. The average Bonchev–Trinajstić information content (AvgIpc) is 2.74. The summed E-state index contributed by atoms with van der Waals surface area (Å²) in [6.07, 6.45) is 2.00. The Bertz CT molecular complexity index is 471. The number of aromatic amines is 1. The number of aromatic nitrogens is 3. The Morgan fingerprint density at radius 3 is 3.14 bits per heavy atom. The van der Waals surface area contributed by atoms with Crippen LogP contribution in [0.25, 0.3) is 10.8 Å². The molecule has 74 valence electrons. The Kier molecular flexibility index (Phi) is 2.45. The summed E-state index contributed by atoms with van der Waals surface area (Å²) in [4.78, 5) is 17.5. The summed E-state index contributed by atoms with van der Waals surface area (Å²) in [5.74, 6) is -0.144. The molecule has 0 aliphatic carbocycles. The van der Waals surface area contributed by atoms with Crippen LogP contribution < -0.4 is 5.76 Å². The van der Waals surface area contributed by atoms with Crippen molar-refractivity contribution in [3.8, 4) is 10.8 Å². The van der Waals surface area contributed by atoms with Gasteiger partial charge >= 0.3 is 5.76 Å². The fraction of sp³-hybridized carbons (Fsp3) is 0.375. The van der Waals surface area contributed by atoms with E-state index in [9.17, 15) is 4.79 Å². The third-order valence-electron chi connectivity index (χ3n) is 1.70. The molecule has 0 saturated heterocycles. The molecule has 14 heavy (non-hydrogen) atoms. The van der Waals surface area contributed by atoms with E-state index >= 15 is 0 Å². The summed E-state index contributed by atoms with van der Waals surface area (Å²) in [5, 5.41) is 6.22. The molecule has 1 N–H and O–H groups in total. The van der Waals surface area contributed by atoms with Crippen LogP contribution in [0.1, 0.15) is 19.0 Å². The van der Waals surface area contributed by atoms with Crippen LogP contribution in [0.4, 0.5) is 0 Å². The van der Waals surface area contributed by atoms with Crippen LogP contribution in [-0.4, -0.2) is 15.1 Å². The Hall–Kier alpha value is -1.43. The maximum Gasteiger partial charge on any atom is 0.439 e. The number of nitrogens with one attached hydrogen (secondary N) is 1. The zero-order valence-corrected chi connectivity index (χ0v) is 8.43. The van der Waals surface area contributed by atoms with Gasteiger partial charge in [0.15, 0.2) is 5.01 Å². The number of nitrogens with zero attached hydrogens (tertiary/aromatic N) is 2. The first-order valence-corrected chi connectivity index (χ1v) is 5.18. The van der Waals surface area contributed by atoms with Crippen LogP contribution in [0.2, 0.25) is 0 Å². The SMILES string of the molecule is CCCc1csc(-c2noc(=O)[nH]2)n1. The molecule has 0 fully saturated rings. The molecule has 0 aliphatic rings. The molecule has 0 unspecified atom stereocenters. The van der Waals surface area contributed by atoms with E-state index < -0.39 is 5.76 Å². The lowest BCUT2D eigenvalue weighted by Crippen LogP contribution is -1.94. The highest BCUT2D eigenvalue weighted by atomic mass is 32.1. The number of hydrogen-bond donors (Lipinski definition) is 1. The molecule has 6 heteroatoms. The summed E-state index contributed by atoms with van der Waals surface area (Å²) >= 11 is 1.45. The molecule has 0 radical (unpaired) electrons. The minimum atomic E-state index is -0.549. The first-order valence-electron chi connectivity index (χ1n) is 4.30. The van der Waals surface area contributed by atoms with E-state index in [-0.39, 0.29) is 0 Å². The topological polar surface area (TPSA) is 71.8 Å². The number of rotatable bonds is 3. The molecule has 2 aromatic rings. The quantitative estimate of drug-likeness (QED) is 0.833. The largest absolute Gasteiger partial charge is 0.439 e. The van der Waals surface area contributed by atoms with Crippen molar-refractivity contribution in [3.63, 3.8) is 0 Å². The van der Waals surface area contributed by atoms with Gasteiger partial charge in [0.25, 0.3) is 0 Å². The molecule has 5 nitrogen and oxygen atoms in total. The van der Waals surface area contributed by atoms with Crippen LogP contribution in [0.15, 0.2) is 14.7 Å².